The minimum atomic E-state index is -1.16. The minimum Gasteiger partial charge on any atom is -0.479 e. The number of carbonyl (C=O) groups excluding carboxylic acids is 1. The average molecular weight is 361 g/mol. The molecule has 136 valence electrons. The topological polar surface area (TPSA) is 79.5 Å². The Morgan fingerprint density at radius 2 is 1.70 bits per heavy atom. The van der Waals surface area contributed by atoms with Gasteiger partial charge in [0.05, 0.1) is 11.8 Å². The molecule has 3 aromatic rings. The van der Waals surface area contributed by atoms with Crippen LogP contribution in [0.25, 0.3) is 11.1 Å². The van der Waals surface area contributed by atoms with E-state index in [-0.39, 0.29) is 0 Å². The van der Waals surface area contributed by atoms with E-state index in [0.29, 0.717) is 28.9 Å². The quantitative estimate of drug-likeness (QED) is 0.617. The Balaban J connectivity index is 1.99. The Labute approximate surface area is 157 Å². The van der Waals surface area contributed by atoms with Gasteiger partial charge in [0.25, 0.3) is 5.91 Å². The number of carbonyl (C=O) groups is 2. The fourth-order valence-electron chi connectivity index (χ4n) is 2.89. The highest BCUT2D eigenvalue weighted by atomic mass is 16.4. The van der Waals surface area contributed by atoms with Crippen molar-refractivity contribution in [1.29, 1.82) is 0 Å². The van der Waals surface area contributed by atoms with Gasteiger partial charge in [-0.2, -0.15) is 0 Å². The number of furan rings is 1. The molecule has 1 atom stereocenters. The number of carboxylic acids is 1. The third-order valence-electron chi connectivity index (χ3n) is 4.16. The summed E-state index contributed by atoms with van der Waals surface area (Å²) in [6.07, 6.45) is 3.51. The van der Waals surface area contributed by atoms with Gasteiger partial charge in [-0.25, -0.2) is 4.79 Å². The number of hydrogen-bond donors (Lipinski definition) is 2. The molecule has 1 aromatic heterocycles. The van der Waals surface area contributed by atoms with Crippen molar-refractivity contribution in [2.75, 3.05) is 0 Å². The smallest absolute Gasteiger partial charge is 0.330 e. The van der Waals surface area contributed by atoms with Crippen molar-refractivity contribution >= 4 is 11.9 Å². The van der Waals surface area contributed by atoms with E-state index < -0.39 is 17.9 Å². The van der Waals surface area contributed by atoms with Crippen LogP contribution in [-0.2, 0) is 11.2 Å². The lowest BCUT2D eigenvalue weighted by molar-refractivity contribution is -0.139. The van der Waals surface area contributed by atoms with Crippen molar-refractivity contribution in [3.8, 4) is 11.1 Å². The molecule has 0 radical (unpaired) electrons. The molecule has 2 aromatic carbocycles. The maximum Gasteiger partial charge on any atom is 0.330 e. The van der Waals surface area contributed by atoms with Crippen molar-refractivity contribution in [2.45, 2.75) is 12.5 Å². The van der Waals surface area contributed by atoms with Gasteiger partial charge in [-0.3, -0.25) is 4.79 Å². The number of nitrogens with one attached hydrogen (secondary N) is 1. The fraction of sp³-hybridized carbons (Fsp3) is 0.0909. The number of benzene rings is 2. The molecule has 3 rings (SSSR count). The molecule has 1 heterocycles. The number of aliphatic carboxylic acids is 1. The average Bonchev–Trinajstić information content (AvgIpc) is 3.11. The van der Waals surface area contributed by atoms with E-state index >= 15 is 0 Å². The van der Waals surface area contributed by atoms with Crippen LogP contribution >= 0.6 is 0 Å². The Bertz CT molecular complexity index is 945. The first-order valence-electron chi connectivity index (χ1n) is 8.47. The molecular formula is C22H19NO4. The first kappa shape index (κ1) is 18.2. The molecule has 1 amide bonds. The molecule has 0 fully saturated rings. The van der Waals surface area contributed by atoms with E-state index in [2.05, 4.69) is 11.9 Å². The Kier molecular flexibility index (Phi) is 5.52. The molecule has 5 heteroatoms. The predicted molar refractivity (Wildman–Crippen MR) is 102 cm³/mol. The lowest BCUT2D eigenvalue weighted by Crippen LogP contribution is -2.34. The monoisotopic (exact) mass is 361 g/mol. The second kappa shape index (κ2) is 8.19. The Hall–Kier alpha value is -3.60. The van der Waals surface area contributed by atoms with Crippen LogP contribution in [0.2, 0.25) is 0 Å². The molecule has 2 N–H and O–H groups in total. The summed E-state index contributed by atoms with van der Waals surface area (Å²) in [4.78, 5) is 24.7. The summed E-state index contributed by atoms with van der Waals surface area (Å²) in [6, 6.07) is 16.8. The second-order valence-corrected chi connectivity index (χ2v) is 5.96. The van der Waals surface area contributed by atoms with E-state index in [1.807, 2.05) is 30.3 Å². The highest BCUT2D eigenvalue weighted by molar-refractivity contribution is 6.03. The lowest BCUT2D eigenvalue weighted by Gasteiger charge is -2.15. The van der Waals surface area contributed by atoms with Crippen LogP contribution in [0.5, 0.6) is 0 Å². The maximum atomic E-state index is 13.0. The zero-order chi connectivity index (χ0) is 19.2. The van der Waals surface area contributed by atoms with Crippen LogP contribution in [-0.4, -0.2) is 17.0 Å². The number of rotatable bonds is 7. The summed E-state index contributed by atoms with van der Waals surface area (Å²) >= 11 is 0. The van der Waals surface area contributed by atoms with Gasteiger partial charge in [0.15, 0.2) is 6.04 Å². The summed E-state index contributed by atoms with van der Waals surface area (Å²) in [6.45, 7) is 3.69. The molecule has 1 unspecified atom stereocenters. The normalized spacial score (nSPS) is 11.6. The van der Waals surface area contributed by atoms with E-state index in [9.17, 15) is 14.7 Å². The van der Waals surface area contributed by atoms with Crippen LogP contribution in [0.15, 0.2) is 84.0 Å². The van der Waals surface area contributed by atoms with Crippen LogP contribution in [0.3, 0.4) is 0 Å². The third kappa shape index (κ3) is 3.98. The van der Waals surface area contributed by atoms with Crippen LogP contribution in [0.1, 0.15) is 27.7 Å². The fourth-order valence-corrected chi connectivity index (χ4v) is 2.89. The second-order valence-electron chi connectivity index (χ2n) is 5.96. The predicted octanol–water partition coefficient (Wildman–Crippen LogP) is 4.23. The number of allylic oxidation sites excluding steroid dienone is 1. The highest BCUT2D eigenvalue weighted by Gasteiger charge is 2.27. The summed E-state index contributed by atoms with van der Waals surface area (Å²) in [5.41, 5.74) is 2.24. The van der Waals surface area contributed by atoms with E-state index in [0.717, 1.165) is 5.56 Å². The van der Waals surface area contributed by atoms with Crippen LogP contribution < -0.4 is 5.32 Å². The molecule has 0 saturated carbocycles. The Morgan fingerprint density at radius 1 is 1.07 bits per heavy atom. The van der Waals surface area contributed by atoms with Gasteiger partial charge in [-0.1, -0.05) is 66.7 Å². The molecule has 0 aliphatic rings. The Morgan fingerprint density at radius 3 is 2.30 bits per heavy atom. The van der Waals surface area contributed by atoms with Gasteiger partial charge in [-0.05, 0) is 11.1 Å². The van der Waals surface area contributed by atoms with Gasteiger partial charge in [0, 0.05) is 12.0 Å². The lowest BCUT2D eigenvalue weighted by atomic mass is 10.00. The number of hydrogen-bond acceptors (Lipinski definition) is 3. The molecular weight excluding hydrogens is 342 g/mol. The molecule has 0 saturated heterocycles. The van der Waals surface area contributed by atoms with Gasteiger partial charge < -0.3 is 14.8 Å². The summed E-state index contributed by atoms with van der Waals surface area (Å²) in [7, 11) is 0. The van der Waals surface area contributed by atoms with Crippen molar-refractivity contribution < 1.29 is 19.1 Å². The molecule has 5 nitrogen and oxygen atoms in total. The van der Waals surface area contributed by atoms with Crippen LogP contribution in [0, 0.1) is 0 Å². The van der Waals surface area contributed by atoms with Gasteiger partial charge in [0.1, 0.15) is 5.76 Å². The molecule has 0 bridgehead atoms. The number of carboxylic acid groups (broad SMARTS) is 1. The number of amides is 1. The van der Waals surface area contributed by atoms with Crippen molar-refractivity contribution in [3.05, 3.63) is 96.5 Å². The highest BCUT2D eigenvalue weighted by Crippen LogP contribution is 2.29. The largest absolute Gasteiger partial charge is 0.479 e. The standard InChI is InChI=1S/C22H19NO4/c1-2-9-18-19(17(14-27-18)15-10-5-3-6-11-15)21(24)23-20(22(25)26)16-12-7-4-8-13-16/h2-8,10-14,20H,1,9H2,(H,23,24)(H,25,26). The SMILES string of the molecule is C=CCc1occ(-c2ccccc2)c1C(=O)NC(C(=O)O)c1ccccc1. The molecule has 0 aliphatic carbocycles. The van der Waals surface area contributed by atoms with E-state index in [1.165, 1.54) is 6.26 Å². The van der Waals surface area contributed by atoms with Gasteiger partial charge in [0.2, 0.25) is 0 Å². The third-order valence-corrected chi connectivity index (χ3v) is 4.16. The summed E-state index contributed by atoms with van der Waals surface area (Å²) in [5.74, 6) is -1.20. The van der Waals surface area contributed by atoms with Crippen molar-refractivity contribution in [2.24, 2.45) is 0 Å². The van der Waals surface area contributed by atoms with Crippen LogP contribution in [0.4, 0.5) is 0 Å². The van der Waals surface area contributed by atoms with E-state index in [1.54, 1.807) is 36.4 Å². The molecule has 0 spiro atoms. The zero-order valence-corrected chi connectivity index (χ0v) is 14.6. The first-order chi connectivity index (χ1) is 13.1. The van der Waals surface area contributed by atoms with E-state index in [4.69, 9.17) is 4.42 Å². The zero-order valence-electron chi connectivity index (χ0n) is 14.6. The molecule has 27 heavy (non-hydrogen) atoms. The summed E-state index contributed by atoms with van der Waals surface area (Å²) in [5, 5.41) is 12.2. The first-order valence-corrected chi connectivity index (χ1v) is 8.47. The van der Waals surface area contributed by atoms with Crippen molar-refractivity contribution in [3.63, 3.8) is 0 Å². The van der Waals surface area contributed by atoms with Crippen molar-refractivity contribution in [1.82, 2.24) is 5.32 Å². The maximum absolute atomic E-state index is 13.0. The summed E-state index contributed by atoms with van der Waals surface area (Å²) < 4.78 is 5.58. The van der Waals surface area contributed by atoms with Gasteiger partial charge >= 0.3 is 5.97 Å². The van der Waals surface area contributed by atoms with Gasteiger partial charge in [-0.15, -0.1) is 6.58 Å². The molecule has 0 aliphatic heterocycles. The minimum absolute atomic E-state index is 0.322.